The van der Waals surface area contributed by atoms with Crippen LogP contribution < -0.4 is 5.32 Å². The largest absolute Gasteiger partial charge is 0.396 e. The van der Waals surface area contributed by atoms with Gasteiger partial charge in [0.25, 0.3) is 0 Å². The van der Waals surface area contributed by atoms with Gasteiger partial charge in [0.2, 0.25) is 5.13 Å². The van der Waals surface area contributed by atoms with Gasteiger partial charge in [0, 0.05) is 13.2 Å². The van der Waals surface area contributed by atoms with Crippen molar-refractivity contribution in [1.29, 1.82) is 0 Å². The number of aromatic nitrogens is 2. The lowest BCUT2D eigenvalue weighted by Gasteiger charge is -2.16. The minimum absolute atomic E-state index is 0.321. The SMILES string of the molecule is Cc1nnc(NCC2CCCC2CO)s1. The molecule has 1 aliphatic carbocycles. The summed E-state index contributed by atoms with van der Waals surface area (Å²) in [5.74, 6) is 1.07. The third kappa shape index (κ3) is 2.66. The normalized spacial score (nSPS) is 25.7. The van der Waals surface area contributed by atoms with Gasteiger partial charge < -0.3 is 10.4 Å². The molecule has 1 aromatic rings. The first-order valence-electron chi connectivity index (χ1n) is 5.44. The standard InChI is InChI=1S/C10H17N3OS/c1-7-12-13-10(15-7)11-5-8-3-2-4-9(8)6-14/h8-9,14H,2-6H2,1H3,(H,11,13). The number of hydrogen-bond donors (Lipinski definition) is 2. The van der Waals surface area contributed by atoms with Crippen molar-refractivity contribution in [3.63, 3.8) is 0 Å². The van der Waals surface area contributed by atoms with Gasteiger partial charge in [-0.2, -0.15) is 0 Å². The van der Waals surface area contributed by atoms with Crippen molar-refractivity contribution in [2.24, 2.45) is 11.8 Å². The van der Waals surface area contributed by atoms with Crippen molar-refractivity contribution in [2.45, 2.75) is 26.2 Å². The lowest BCUT2D eigenvalue weighted by atomic mass is 9.97. The monoisotopic (exact) mass is 227 g/mol. The second kappa shape index (κ2) is 4.90. The number of nitrogens with zero attached hydrogens (tertiary/aromatic N) is 2. The van der Waals surface area contributed by atoms with Crippen LogP contribution in [0.5, 0.6) is 0 Å². The minimum Gasteiger partial charge on any atom is -0.396 e. The topological polar surface area (TPSA) is 58.0 Å². The van der Waals surface area contributed by atoms with E-state index < -0.39 is 0 Å². The molecule has 1 aliphatic rings. The first kappa shape index (κ1) is 10.8. The van der Waals surface area contributed by atoms with Crippen molar-refractivity contribution in [1.82, 2.24) is 10.2 Å². The van der Waals surface area contributed by atoms with Gasteiger partial charge in [-0.05, 0) is 31.6 Å². The molecule has 1 aromatic heterocycles. The molecule has 0 aromatic carbocycles. The van der Waals surface area contributed by atoms with Crippen LogP contribution in [0, 0.1) is 18.8 Å². The zero-order valence-electron chi connectivity index (χ0n) is 8.94. The van der Waals surface area contributed by atoms with Gasteiger partial charge in [0.05, 0.1) is 0 Å². The van der Waals surface area contributed by atoms with E-state index in [2.05, 4.69) is 15.5 Å². The highest BCUT2D eigenvalue weighted by Gasteiger charge is 2.26. The van der Waals surface area contributed by atoms with Crippen LogP contribution in [0.25, 0.3) is 0 Å². The van der Waals surface area contributed by atoms with E-state index in [9.17, 15) is 5.11 Å². The summed E-state index contributed by atoms with van der Waals surface area (Å²) in [5.41, 5.74) is 0. The van der Waals surface area contributed by atoms with Gasteiger partial charge in [-0.1, -0.05) is 17.8 Å². The Morgan fingerprint density at radius 1 is 1.40 bits per heavy atom. The fourth-order valence-electron chi connectivity index (χ4n) is 2.21. The summed E-state index contributed by atoms with van der Waals surface area (Å²) in [4.78, 5) is 0. The Hall–Kier alpha value is -0.680. The predicted octanol–water partition coefficient (Wildman–Crippen LogP) is 1.67. The molecule has 2 N–H and O–H groups in total. The van der Waals surface area contributed by atoms with E-state index in [1.165, 1.54) is 12.8 Å². The molecular formula is C10H17N3OS. The zero-order valence-corrected chi connectivity index (χ0v) is 9.76. The molecule has 2 atom stereocenters. The number of anilines is 1. The second-order valence-electron chi connectivity index (χ2n) is 4.14. The average molecular weight is 227 g/mol. The predicted molar refractivity (Wildman–Crippen MR) is 61.1 cm³/mol. The van der Waals surface area contributed by atoms with Crippen LogP contribution in [0.3, 0.4) is 0 Å². The Bertz CT molecular complexity index is 315. The van der Waals surface area contributed by atoms with Crippen molar-refractivity contribution in [3.8, 4) is 0 Å². The third-order valence-electron chi connectivity index (χ3n) is 3.09. The van der Waals surface area contributed by atoms with Gasteiger partial charge in [-0.25, -0.2) is 0 Å². The molecule has 15 heavy (non-hydrogen) atoms. The van der Waals surface area contributed by atoms with E-state index >= 15 is 0 Å². The van der Waals surface area contributed by atoms with Crippen LogP contribution in [0.4, 0.5) is 5.13 Å². The number of aryl methyl sites for hydroxylation is 1. The Morgan fingerprint density at radius 3 is 2.87 bits per heavy atom. The molecule has 2 unspecified atom stereocenters. The Labute approximate surface area is 93.7 Å². The number of nitrogens with one attached hydrogen (secondary N) is 1. The first-order chi connectivity index (χ1) is 7.29. The summed E-state index contributed by atoms with van der Waals surface area (Å²) in [6, 6.07) is 0. The van der Waals surface area contributed by atoms with Gasteiger partial charge in [0.15, 0.2) is 0 Å². The van der Waals surface area contributed by atoms with Crippen LogP contribution in [0.1, 0.15) is 24.3 Å². The molecule has 1 saturated carbocycles. The Balaban J connectivity index is 1.82. The first-order valence-corrected chi connectivity index (χ1v) is 6.26. The summed E-state index contributed by atoms with van der Waals surface area (Å²) in [6.45, 7) is 3.19. The quantitative estimate of drug-likeness (QED) is 0.821. The second-order valence-corrected chi connectivity index (χ2v) is 5.32. The maximum Gasteiger partial charge on any atom is 0.205 e. The minimum atomic E-state index is 0.321. The van der Waals surface area contributed by atoms with Crippen LogP contribution in [0.15, 0.2) is 0 Å². The average Bonchev–Trinajstić information content (AvgIpc) is 2.83. The molecule has 5 heteroatoms. The highest BCUT2D eigenvalue weighted by Crippen LogP contribution is 2.31. The van der Waals surface area contributed by atoms with Crippen LogP contribution >= 0.6 is 11.3 Å². The molecule has 0 spiro atoms. The Kier molecular flexibility index (Phi) is 3.53. The van der Waals surface area contributed by atoms with E-state index in [0.717, 1.165) is 23.1 Å². The molecule has 0 aliphatic heterocycles. The van der Waals surface area contributed by atoms with Gasteiger partial charge in [0.1, 0.15) is 5.01 Å². The number of hydrogen-bond acceptors (Lipinski definition) is 5. The van der Waals surface area contributed by atoms with E-state index in [1.54, 1.807) is 11.3 Å². The summed E-state index contributed by atoms with van der Waals surface area (Å²) < 4.78 is 0. The fourth-order valence-corrected chi connectivity index (χ4v) is 2.81. The number of aliphatic hydroxyl groups excluding tert-OH is 1. The Morgan fingerprint density at radius 2 is 2.20 bits per heavy atom. The lowest BCUT2D eigenvalue weighted by Crippen LogP contribution is -2.20. The highest BCUT2D eigenvalue weighted by atomic mass is 32.1. The molecular weight excluding hydrogens is 210 g/mol. The number of aliphatic hydroxyl groups is 1. The fraction of sp³-hybridized carbons (Fsp3) is 0.800. The summed E-state index contributed by atoms with van der Waals surface area (Å²) >= 11 is 1.58. The summed E-state index contributed by atoms with van der Waals surface area (Å²) in [7, 11) is 0. The molecule has 2 rings (SSSR count). The van der Waals surface area contributed by atoms with Crippen molar-refractivity contribution in [2.75, 3.05) is 18.5 Å². The maximum absolute atomic E-state index is 9.18. The van der Waals surface area contributed by atoms with Crippen molar-refractivity contribution < 1.29 is 5.11 Å². The van der Waals surface area contributed by atoms with Crippen molar-refractivity contribution >= 4 is 16.5 Å². The third-order valence-corrected chi connectivity index (χ3v) is 3.89. The highest BCUT2D eigenvalue weighted by molar-refractivity contribution is 7.15. The van der Waals surface area contributed by atoms with E-state index in [-0.39, 0.29) is 0 Å². The van der Waals surface area contributed by atoms with Gasteiger partial charge in [-0.15, -0.1) is 10.2 Å². The van der Waals surface area contributed by atoms with Crippen LogP contribution in [0.2, 0.25) is 0 Å². The molecule has 4 nitrogen and oxygen atoms in total. The molecule has 1 heterocycles. The van der Waals surface area contributed by atoms with Crippen LogP contribution in [-0.2, 0) is 0 Å². The van der Waals surface area contributed by atoms with E-state index in [4.69, 9.17) is 0 Å². The molecule has 0 amide bonds. The van der Waals surface area contributed by atoms with Crippen LogP contribution in [-0.4, -0.2) is 28.5 Å². The lowest BCUT2D eigenvalue weighted by molar-refractivity contribution is 0.199. The van der Waals surface area contributed by atoms with Gasteiger partial charge in [-0.3, -0.25) is 0 Å². The smallest absolute Gasteiger partial charge is 0.205 e. The number of rotatable bonds is 4. The van der Waals surface area contributed by atoms with E-state index in [0.29, 0.717) is 18.4 Å². The zero-order chi connectivity index (χ0) is 10.7. The van der Waals surface area contributed by atoms with Crippen molar-refractivity contribution in [3.05, 3.63) is 5.01 Å². The van der Waals surface area contributed by atoms with Gasteiger partial charge >= 0.3 is 0 Å². The maximum atomic E-state index is 9.18. The summed E-state index contributed by atoms with van der Waals surface area (Å²) in [6.07, 6.45) is 3.63. The molecule has 0 radical (unpaired) electrons. The molecule has 1 fully saturated rings. The molecule has 0 bridgehead atoms. The molecule has 84 valence electrons. The summed E-state index contributed by atoms with van der Waals surface area (Å²) in [5, 5.41) is 22.4. The van der Waals surface area contributed by atoms with E-state index in [1.807, 2.05) is 6.92 Å². The molecule has 0 saturated heterocycles.